The Balaban J connectivity index is 1.62. The van der Waals surface area contributed by atoms with Gasteiger partial charge in [-0.15, -0.1) is 0 Å². The van der Waals surface area contributed by atoms with E-state index in [2.05, 4.69) is 22.3 Å². The molecule has 1 N–H and O–H groups in total. The highest BCUT2D eigenvalue weighted by Gasteiger charge is 2.27. The second kappa shape index (κ2) is 6.12. The lowest BCUT2D eigenvalue weighted by atomic mass is 10.1. The third-order valence-electron chi connectivity index (χ3n) is 4.02. The number of nitrogens with one attached hydrogen (secondary N) is 1. The van der Waals surface area contributed by atoms with Crippen molar-refractivity contribution in [2.45, 2.75) is 32.1 Å². The fraction of sp³-hybridized carbons (Fsp3) is 0.412. The van der Waals surface area contributed by atoms with Gasteiger partial charge in [0.2, 0.25) is 0 Å². The van der Waals surface area contributed by atoms with E-state index in [-0.39, 0.29) is 5.91 Å². The molecule has 1 aliphatic carbocycles. The maximum absolute atomic E-state index is 12.5. The molecule has 0 radical (unpaired) electrons. The van der Waals surface area contributed by atoms with Crippen molar-refractivity contribution in [3.63, 3.8) is 0 Å². The Bertz CT molecular complexity index is 602. The number of aromatic amines is 1. The van der Waals surface area contributed by atoms with E-state index in [1.165, 1.54) is 18.4 Å². The smallest absolute Gasteiger partial charge is 0.274 e. The number of hydrogen-bond acceptors (Lipinski definition) is 2. The van der Waals surface area contributed by atoms with Gasteiger partial charge in [0.1, 0.15) is 5.69 Å². The van der Waals surface area contributed by atoms with Crippen LogP contribution in [0.15, 0.2) is 36.4 Å². The second-order valence-corrected chi connectivity index (χ2v) is 5.60. The lowest BCUT2D eigenvalue weighted by Gasteiger charge is -2.19. The first kappa shape index (κ1) is 13.9. The summed E-state index contributed by atoms with van der Waals surface area (Å²) in [5, 5.41) is 7.19. The van der Waals surface area contributed by atoms with Gasteiger partial charge in [0.05, 0.1) is 0 Å². The van der Waals surface area contributed by atoms with Crippen molar-refractivity contribution in [3.05, 3.63) is 53.3 Å². The molecule has 4 heteroatoms. The van der Waals surface area contributed by atoms with Gasteiger partial charge in [0.15, 0.2) is 0 Å². The summed E-state index contributed by atoms with van der Waals surface area (Å²) in [5.74, 6) is 0.620. The average molecular weight is 283 g/mol. The van der Waals surface area contributed by atoms with Crippen LogP contribution in [-0.2, 0) is 6.42 Å². The zero-order chi connectivity index (χ0) is 14.7. The van der Waals surface area contributed by atoms with E-state index < -0.39 is 0 Å². The predicted octanol–water partition coefficient (Wildman–Crippen LogP) is 2.99. The second-order valence-electron chi connectivity index (χ2n) is 5.60. The highest BCUT2D eigenvalue weighted by atomic mass is 16.2. The molecule has 4 nitrogen and oxygen atoms in total. The third kappa shape index (κ3) is 3.32. The summed E-state index contributed by atoms with van der Waals surface area (Å²) >= 11 is 0. The molecule has 0 bridgehead atoms. The minimum atomic E-state index is 0.0246. The molecule has 1 saturated carbocycles. The van der Waals surface area contributed by atoms with Gasteiger partial charge in [0, 0.05) is 24.7 Å². The van der Waals surface area contributed by atoms with Crippen molar-refractivity contribution in [1.82, 2.24) is 15.1 Å². The summed E-state index contributed by atoms with van der Waals surface area (Å²) in [6.45, 7) is 3.44. The van der Waals surface area contributed by atoms with Crippen molar-refractivity contribution >= 4 is 5.91 Å². The standard InChI is InChI=1S/C17H21N3O/c1-2-20(11-10-13-6-4-3-5-7-13)17(21)16-12-15(18-19-16)14-8-9-14/h3-7,12,14H,2,8-11H2,1H3,(H,18,19). The van der Waals surface area contributed by atoms with E-state index in [0.29, 0.717) is 18.2 Å². The average Bonchev–Trinajstić information content (AvgIpc) is 3.26. The molecule has 1 amide bonds. The van der Waals surface area contributed by atoms with Crippen LogP contribution < -0.4 is 0 Å². The van der Waals surface area contributed by atoms with E-state index >= 15 is 0 Å². The number of benzene rings is 1. The fourth-order valence-electron chi connectivity index (χ4n) is 2.52. The van der Waals surface area contributed by atoms with E-state index in [1.807, 2.05) is 36.1 Å². The molecule has 2 aromatic rings. The van der Waals surface area contributed by atoms with Crippen molar-refractivity contribution in [2.75, 3.05) is 13.1 Å². The summed E-state index contributed by atoms with van der Waals surface area (Å²) in [5.41, 5.74) is 2.91. The molecule has 0 spiro atoms. The summed E-state index contributed by atoms with van der Waals surface area (Å²) in [4.78, 5) is 14.4. The lowest BCUT2D eigenvalue weighted by molar-refractivity contribution is 0.0760. The van der Waals surface area contributed by atoms with Gasteiger partial charge in [-0.2, -0.15) is 5.10 Å². The Labute approximate surface area is 125 Å². The Kier molecular flexibility index (Phi) is 4.04. The Morgan fingerprint density at radius 3 is 2.76 bits per heavy atom. The van der Waals surface area contributed by atoms with Gasteiger partial charge in [-0.25, -0.2) is 0 Å². The number of rotatable bonds is 6. The molecule has 0 unspecified atom stereocenters. The maximum Gasteiger partial charge on any atom is 0.274 e. The van der Waals surface area contributed by atoms with E-state index in [9.17, 15) is 4.79 Å². The van der Waals surface area contributed by atoms with E-state index in [4.69, 9.17) is 0 Å². The Morgan fingerprint density at radius 1 is 1.33 bits per heavy atom. The molecule has 0 aliphatic heterocycles. The number of nitrogens with zero attached hydrogens (tertiary/aromatic N) is 2. The maximum atomic E-state index is 12.5. The van der Waals surface area contributed by atoms with Crippen LogP contribution in [0.4, 0.5) is 0 Å². The molecule has 0 atom stereocenters. The van der Waals surface area contributed by atoms with Gasteiger partial charge < -0.3 is 4.90 Å². The number of carbonyl (C=O) groups is 1. The van der Waals surface area contributed by atoms with Gasteiger partial charge >= 0.3 is 0 Å². The van der Waals surface area contributed by atoms with Crippen LogP contribution in [0.25, 0.3) is 0 Å². The molecule has 3 rings (SSSR count). The van der Waals surface area contributed by atoms with Crippen LogP contribution in [0.5, 0.6) is 0 Å². The van der Waals surface area contributed by atoms with Crippen molar-refractivity contribution in [1.29, 1.82) is 0 Å². The lowest BCUT2D eigenvalue weighted by Crippen LogP contribution is -2.33. The summed E-state index contributed by atoms with van der Waals surface area (Å²) in [6.07, 6.45) is 3.29. The van der Waals surface area contributed by atoms with Crippen molar-refractivity contribution in [2.24, 2.45) is 0 Å². The van der Waals surface area contributed by atoms with Crippen molar-refractivity contribution < 1.29 is 4.79 Å². The van der Waals surface area contributed by atoms with Crippen LogP contribution in [0.1, 0.15) is 47.4 Å². The quantitative estimate of drug-likeness (QED) is 0.886. The summed E-state index contributed by atoms with van der Waals surface area (Å²) in [6, 6.07) is 12.2. The van der Waals surface area contributed by atoms with E-state index in [0.717, 1.165) is 18.7 Å². The first-order valence-corrected chi connectivity index (χ1v) is 7.66. The fourth-order valence-corrected chi connectivity index (χ4v) is 2.52. The first-order valence-electron chi connectivity index (χ1n) is 7.66. The van der Waals surface area contributed by atoms with E-state index in [1.54, 1.807) is 0 Å². The molecular weight excluding hydrogens is 262 g/mol. The largest absolute Gasteiger partial charge is 0.337 e. The predicted molar refractivity (Wildman–Crippen MR) is 82.3 cm³/mol. The van der Waals surface area contributed by atoms with Crippen LogP contribution in [0.2, 0.25) is 0 Å². The number of aromatic nitrogens is 2. The molecule has 1 aromatic carbocycles. The van der Waals surface area contributed by atoms with Crippen molar-refractivity contribution in [3.8, 4) is 0 Å². The molecule has 1 aromatic heterocycles. The SMILES string of the molecule is CCN(CCc1ccccc1)C(=O)c1cc(C2CC2)[nH]n1. The molecule has 1 fully saturated rings. The van der Waals surface area contributed by atoms with Crippen LogP contribution in [-0.4, -0.2) is 34.1 Å². The van der Waals surface area contributed by atoms with Gasteiger partial charge in [-0.3, -0.25) is 9.89 Å². The Hall–Kier alpha value is -2.10. The molecule has 1 aliphatic rings. The highest BCUT2D eigenvalue weighted by Crippen LogP contribution is 2.39. The monoisotopic (exact) mass is 283 g/mol. The number of hydrogen-bond donors (Lipinski definition) is 1. The molecule has 21 heavy (non-hydrogen) atoms. The zero-order valence-corrected chi connectivity index (χ0v) is 12.4. The molecule has 110 valence electrons. The topological polar surface area (TPSA) is 49.0 Å². The number of H-pyrrole nitrogens is 1. The number of carbonyl (C=O) groups excluding carboxylic acids is 1. The normalized spacial score (nSPS) is 14.1. The number of amides is 1. The number of likely N-dealkylation sites (N-methyl/N-ethyl adjacent to an activating group) is 1. The van der Waals surface area contributed by atoms with Gasteiger partial charge in [0.25, 0.3) is 5.91 Å². The van der Waals surface area contributed by atoms with Crippen LogP contribution in [0, 0.1) is 0 Å². The van der Waals surface area contributed by atoms with Crippen LogP contribution in [0.3, 0.4) is 0 Å². The molecular formula is C17H21N3O. The van der Waals surface area contributed by atoms with Crippen LogP contribution >= 0.6 is 0 Å². The summed E-state index contributed by atoms with van der Waals surface area (Å²) < 4.78 is 0. The Morgan fingerprint density at radius 2 is 2.10 bits per heavy atom. The van der Waals surface area contributed by atoms with Gasteiger partial charge in [-0.05, 0) is 37.8 Å². The third-order valence-corrected chi connectivity index (χ3v) is 4.02. The van der Waals surface area contributed by atoms with Gasteiger partial charge in [-0.1, -0.05) is 30.3 Å². The summed E-state index contributed by atoms with van der Waals surface area (Å²) in [7, 11) is 0. The minimum Gasteiger partial charge on any atom is -0.337 e. The highest BCUT2D eigenvalue weighted by molar-refractivity contribution is 5.92. The first-order chi connectivity index (χ1) is 10.3. The minimum absolute atomic E-state index is 0.0246. The zero-order valence-electron chi connectivity index (χ0n) is 12.4. The molecule has 0 saturated heterocycles. The molecule has 1 heterocycles.